The van der Waals surface area contributed by atoms with Gasteiger partial charge in [0, 0.05) is 21.2 Å². The zero-order chi connectivity index (χ0) is 15.5. The maximum Gasteiger partial charge on any atom is 0.0568 e. The second-order valence-electron chi connectivity index (χ2n) is 5.32. The van der Waals surface area contributed by atoms with Gasteiger partial charge in [0.05, 0.1) is 10.6 Å². The molecule has 0 saturated carbocycles. The van der Waals surface area contributed by atoms with Crippen molar-refractivity contribution in [2.45, 2.75) is 18.9 Å². The van der Waals surface area contributed by atoms with E-state index in [9.17, 15) is 0 Å². The van der Waals surface area contributed by atoms with Crippen LogP contribution in [0.15, 0.2) is 51.4 Å². The lowest BCUT2D eigenvalue weighted by molar-refractivity contribution is 0.521. The molecular weight excluding hydrogens is 415 g/mol. The van der Waals surface area contributed by atoms with Crippen molar-refractivity contribution in [1.82, 2.24) is 0 Å². The molecule has 0 heterocycles. The molecule has 2 nitrogen and oxygen atoms in total. The maximum absolute atomic E-state index is 6.14. The van der Waals surface area contributed by atoms with Crippen LogP contribution in [-0.4, -0.2) is 12.1 Å². The van der Waals surface area contributed by atoms with Crippen molar-refractivity contribution >= 4 is 49.1 Å². The second-order valence-corrected chi connectivity index (χ2v) is 7.50. The predicted octanol–water partition coefficient (Wildman–Crippen LogP) is 5.24. The standard InChI is InChI=1S/C16H17Br2ClN2/c1-16(10-20,9-11-2-4-12(17)5-3-11)21-13-6-7-14(18)15(19)8-13/h2-8,21H,9-10,20H2,1H3. The van der Waals surface area contributed by atoms with E-state index in [4.69, 9.17) is 17.3 Å². The van der Waals surface area contributed by atoms with Gasteiger partial charge < -0.3 is 11.1 Å². The summed E-state index contributed by atoms with van der Waals surface area (Å²) in [5, 5.41) is 4.18. The quantitative estimate of drug-likeness (QED) is 0.678. The molecule has 0 amide bonds. The van der Waals surface area contributed by atoms with Crippen molar-refractivity contribution in [2.75, 3.05) is 11.9 Å². The molecule has 0 radical (unpaired) electrons. The monoisotopic (exact) mass is 430 g/mol. The Bertz CT molecular complexity index is 616. The van der Waals surface area contributed by atoms with Gasteiger partial charge in [-0.1, -0.05) is 39.7 Å². The number of hydrogen-bond acceptors (Lipinski definition) is 2. The van der Waals surface area contributed by atoms with Crippen LogP contribution < -0.4 is 11.1 Å². The molecule has 0 aliphatic carbocycles. The van der Waals surface area contributed by atoms with Crippen molar-refractivity contribution in [3.05, 3.63) is 62.0 Å². The minimum atomic E-state index is -0.231. The van der Waals surface area contributed by atoms with Crippen molar-refractivity contribution in [2.24, 2.45) is 5.73 Å². The average molecular weight is 433 g/mol. The van der Waals surface area contributed by atoms with E-state index >= 15 is 0 Å². The summed E-state index contributed by atoms with van der Waals surface area (Å²) < 4.78 is 1.96. The highest BCUT2D eigenvalue weighted by molar-refractivity contribution is 9.10. The highest BCUT2D eigenvalue weighted by Crippen LogP contribution is 2.28. The molecule has 5 heteroatoms. The molecule has 112 valence electrons. The van der Waals surface area contributed by atoms with E-state index in [1.54, 1.807) is 0 Å². The van der Waals surface area contributed by atoms with E-state index in [0.29, 0.717) is 11.6 Å². The number of nitrogens with two attached hydrogens (primary N) is 1. The van der Waals surface area contributed by atoms with E-state index < -0.39 is 0 Å². The zero-order valence-corrected chi connectivity index (χ0v) is 15.6. The van der Waals surface area contributed by atoms with E-state index in [-0.39, 0.29) is 5.54 Å². The van der Waals surface area contributed by atoms with E-state index in [0.717, 1.165) is 21.1 Å². The first-order chi connectivity index (χ1) is 9.92. The van der Waals surface area contributed by atoms with Gasteiger partial charge in [-0.2, -0.15) is 0 Å². The molecule has 0 aliphatic heterocycles. The Labute approximate surface area is 147 Å². The molecule has 2 aromatic carbocycles. The van der Waals surface area contributed by atoms with Crippen LogP contribution in [0.5, 0.6) is 0 Å². The Kier molecular flexibility index (Phi) is 5.72. The lowest BCUT2D eigenvalue weighted by Crippen LogP contribution is -2.44. The fraction of sp³-hybridized carbons (Fsp3) is 0.250. The van der Waals surface area contributed by atoms with Gasteiger partial charge in [-0.3, -0.25) is 0 Å². The molecule has 0 bridgehead atoms. The fourth-order valence-corrected chi connectivity index (χ4v) is 2.83. The summed E-state index contributed by atoms with van der Waals surface area (Å²) in [5.41, 5.74) is 7.96. The summed E-state index contributed by atoms with van der Waals surface area (Å²) in [6.07, 6.45) is 0.838. The second kappa shape index (κ2) is 7.14. The van der Waals surface area contributed by atoms with Crippen LogP contribution in [0.2, 0.25) is 5.02 Å². The van der Waals surface area contributed by atoms with Crippen molar-refractivity contribution < 1.29 is 0 Å². The van der Waals surface area contributed by atoms with Crippen LogP contribution in [0.3, 0.4) is 0 Å². The predicted molar refractivity (Wildman–Crippen MR) is 98.1 cm³/mol. The number of hydrogen-bond donors (Lipinski definition) is 2. The van der Waals surface area contributed by atoms with Crippen LogP contribution in [0, 0.1) is 0 Å². The van der Waals surface area contributed by atoms with Crippen LogP contribution in [0.4, 0.5) is 5.69 Å². The first-order valence-corrected chi connectivity index (χ1v) is 8.56. The van der Waals surface area contributed by atoms with E-state index in [2.05, 4.69) is 56.2 Å². The van der Waals surface area contributed by atoms with Gasteiger partial charge in [0.15, 0.2) is 0 Å². The first kappa shape index (κ1) is 16.8. The van der Waals surface area contributed by atoms with Crippen molar-refractivity contribution in [3.63, 3.8) is 0 Å². The molecule has 1 atom stereocenters. The highest BCUT2D eigenvalue weighted by Gasteiger charge is 2.23. The summed E-state index contributed by atoms with van der Waals surface area (Å²) in [4.78, 5) is 0. The molecule has 2 aromatic rings. The molecule has 1 unspecified atom stereocenters. The maximum atomic E-state index is 6.14. The number of anilines is 1. The third-order valence-electron chi connectivity index (χ3n) is 3.32. The zero-order valence-electron chi connectivity index (χ0n) is 11.7. The Morgan fingerprint density at radius 2 is 1.81 bits per heavy atom. The van der Waals surface area contributed by atoms with Crippen molar-refractivity contribution in [3.8, 4) is 0 Å². The van der Waals surface area contributed by atoms with E-state index in [1.807, 2.05) is 30.3 Å². The minimum Gasteiger partial charge on any atom is -0.378 e. The molecule has 0 aromatic heterocycles. The molecule has 2 rings (SSSR count). The molecule has 21 heavy (non-hydrogen) atoms. The van der Waals surface area contributed by atoms with Crippen molar-refractivity contribution in [1.29, 1.82) is 0 Å². The normalized spacial score (nSPS) is 13.8. The largest absolute Gasteiger partial charge is 0.378 e. The lowest BCUT2D eigenvalue weighted by atomic mass is 9.92. The Morgan fingerprint density at radius 3 is 2.38 bits per heavy atom. The molecule has 3 N–H and O–H groups in total. The van der Waals surface area contributed by atoms with E-state index in [1.165, 1.54) is 5.56 Å². The molecule has 0 aliphatic rings. The fourth-order valence-electron chi connectivity index (χ4n) is 2.14. The number of halogens is 3. The highest BCUT2D eigenvalue weighted by atomic mass is 79.9. The van der Waals surface area contributed by atoms with Gasteiger partial charge in [-0.25, -0.2) is 0 Å². The smallest absolute Gasteiger partial charge is 0.0568 e. The summed E-state index contributed by atoms with van der Waals surface area (Å²) >= 11 is 13.0. The van der Waals surface area contributed by atoms with Crippen LogP contribution in [0.1, 0.15) is 12.5 Å². The average Bonchev–Trinajstić information content (AvgIpc) is 2.45. The summed E-state index contributed by atoms with van der Waals surface area (Å²) in [7, 11) is 0. The summed E-state index contributed by atoms with van der Waals surface area (Å²) in [5.74, 6) is 0. The molecule has 0 saturated heterocycles. The number of benzene rings is 2. The summed E-state index contributed by atoms with van der Waals surface area (Å²) in [6.45, 7) is 2.64. The minimum absolute atomic E-state index is 0.231. The van der Waals surface area contributed by atoms with Gasteiger partial charge >= 0.3 is 0 Å². The molecular formula is C16H17Br2ClN2. The third-order valence-corrected chi connectivity index (χ3v) is 5.08. The lowest BCUT2D eigenvalue weighted by Gasteiger charge is -2.31. The van der Waals surface area contributed by atoms with Gasteiger partial charge in [-0.15, -0.1) is 0 Å². The van der Waals surface area contributed by atoms with Crippen LogP contribution in [-0.2, 0) is 6.42 Å². The Balaban J connectivity index is 2.16. The van der Waals surface area contributed by atoms with Gasteiger partial charge in [0.25, 0.3) is 0 Å². The van der Waals surface area contributed by atoms with Gasteiger partial charge in [0.1, 0.15) is 0 Å². The first-order valence-electron chi connectivity index (χ1n) is 6.60. The van der Waals surface area contributed by atoms with Gasteiger partial charge in [0.2, 0.25) is 0 Å². The number of rotatable bonds is 5. The Hall–Kier alpha value is -0.550. The number of nitrogens with one attached hydrogen (secondary N) is 1. The molecule has 0 spiro atoms. The topological polar surface area (TPSA) is 38.0 Å². The Morgan fingerprint density at radius 1 is 1.14 bits per heavy atom. The third kappa shape index (κ3) is 4.71. The van der Waals surface area contributed by atoms with Crippen LogP contribution in [0.25, 0.3) is 0 Å². The van der Waals surface area contributed by atoms with Crippen LogP contribution >= 0.6 is 43.5 Å². The van der Waals surface area contributed by atoms with Gasteiger partial charge in [-0.05, 0) is 65.2 Å². The molecule has 0 fully saturated rings. The summed E-state index contributed by atoms with van der Waals surface area (Å²) in [6, 6.07) is 14.1. The SMILES string of the molecule is CC(CN)(Cc1ccc(Br)cc1)Nc1ccc(Br)c(Cl)c1.